The molecule has 2 heterocycles. The summed E-state index contributed by atoms with van der Waals surface area (Å²) in [5.74, 6) is 0.238. The number of nitrogen functional groups attached to an aromatic ring is 1. The van der Waals surface area contributed by atoms with Crippen molar-refractivity contribution < 1.29 is 4.39 Å². The van der Waals surface area contributed by atoms with Crippen LogP contribution in [0.1, 0.15) is 11.1 Å². The molecule has 0 spiro atoms. The predicted molar refractivity (Wildman–Crippen MR) is 76.8 cm³/mol. The summed E-state index contributed by atoms with van der Waals surface area (Å²) in [7, 11) is 0. The van der Waals surface area contributed by atoms with Crippen molar-refractivity contribution in [2.24, 2.45) is 0 Å². The number of H-pyrrole nitrogens is 1. The SMILES string of the molecule is N#Cc1c(F)cccc1CSc1cc(N)nc2n[nH]nc12. The second kappa shape index (κ2) is 5.38. The number of rotatable bonds is 3. The van der Waals surface area contributed by atoms with E-state index in [4.69, 9.17) is 11.0 Å². The lowest BCUT2D eigenvalue weighted by molar-refractivity contribution is 0.622. The van der Waals surface area contributed by atoms with E-state index in [0.29, 0.717) is 28.3 Å². The highest BCUT2D eigenvalue weighted by molar-refractivity contribution is 7.98. The molecular weight excluding hydrogens is 291 g/mol. The number of thioether (sulfide) groups is 1. The zero-order valence-electron chi connectivity index (χ0n) is 10.7. The normalized spacial score (nSPS) is 10.7. The number of halogens is 1. The Morgan fingerprint density at radius 2 is 2.24 bits per heavy atom. The summed E-state index contributed by atoms with van der Waals surface area (Å²) in [5, 5.41) is 19.4. The van der Waals surface area contributed by atoms with Gasteiger partial charge >= 0.3 is 0 Å². The van der Waals surface area contributed by atoms with Gasteiger partial charge in [0.05, 0.1) is 5.56 Å². The molecule has 0 saturated carbocycles. The molecule has 0 atom stereocenters. The molecule has 0 bridgehead atoms. The van der Waals surface area contributed by atoms with Gasteiger partial charge in [-0.25, -0.2) is 9.37 Å². The summed E-state index contributed by atoms with van der Waals surface area (Å²) in [4.78, 5) is 4.82. The van der Waals surface area contributed by atoms with Crippen molar-refractivity contribution in [3.8, 4) is 6.07 Å². The van der Waals surface area contributed by atoms with Crippen molar-refractivity contribution >= 4 is 28.7 Å². The fourth-order valence-electron chi connectivity index (χ4n) is 1.91. The lowest BCUT2D eigenvalue weighted by atomic mass is 10.1. The van der Waals surface area contributed by atoms with E-state index >= 15 is 0 Å². The van der Waals surface area contributed by atoms with Crippen LogP contribution in [0.4, 0.5) is 10.2 Å². The Morgan fingerprint density at radius 3 is 3.05 bits per heavy atom. The number of nitriles is 1. The molecule has 0 aliphatic rings. The minimum absolute atomic E-state index is 0.0587. The number of anilines is 1. The summed E-state index contributed by atoms with van der Waals surface area (Å²) in [6, 6.07) is 8.14. The quantitative estimate of drug-likeness (QED) is 0.719. The summed E-state index contributed by atoms with van der Waals surface area (Å²) in [5.41, 5.74) is 7.42. The predicted octanol–water partition coefficient (Wildman–Crippen LogP) is 2.24. The number of aromatic nitrogens is 4. The van der Waals surface area contributed by atoms with Crippen LogP contribution in [0.25, 0.3) is 11.2 Å². The number of benzene rings is 1. The first-order valence-corrected chi connectivity index (χ1v) is 6.95. The molecule has 1 aromatic carbocycles. The molecule has 3 N–H and O–H groups in total. The van der Waals surface area contributed by atoms with Gasteiger partial charge in [0, 0.05) is 10.6 Å². The van der Waals surface area contributed by atoms with Gasteiger partial charge in [-0.15, -0.1) is 16.9 Å². The molecule has 0 aliphatic heterocycles. The lowest BCUT2D eigenvalue weighted by Gasteiger charge is -2.05. The third-order valence-corrected chi connectivity index (χ3v) is 3.95. The van der Waals surface area contributed by atoms with Crippen LogP contribution in [-0.2, 0) is 5.75 Å². The van der Waals surface area contributed by atoms with Crippen LogP contribution < -0.4 is 5.73 Å². The Balaban J connectivity index is 1.93. The van der Waals surface area contributed by atoms with E-state index < -0.39 is 5.82 Å². The molecule has 0 radical (unpaired) electrons. The van der Waals surface area contributed by atoms with E-state index in [9.17, 15) is 4.39 Å². The molecule has 0 unspecified atom stereocenters. The van der Waals surface area contributed by atoms with Crippen LogP contribution in [0.5, 0.6) is 0 Å². The van der Waals surface area contributed by atoms with Crippen LogP contribution in [0.3, 0.4) is 0 Å². The van der Waals surface area contributed by atoms with Crippen molar-refractivity contribution in [3.63, 3.8) is 0 Å². The number of hydrogen-bond acceptors (Lipinski definition) is 6. The minimum atomic E-state index is -0.517. The van der Waals surface area contributed by atoms with E-state index in [-0.39, 0.29) is 5.56 Å². The van der Waals surface area contributed by atoms with E-state index in [1.54, 1.807) is 18.2 Å². The molecule has 0 saturated heterocycles. The third-order valence-electron chi connectivity index (χ3n) is 2.87. The monoisotopic (exact) mass is 300 g/mol. The summed E-state index contributed by atoms with van der Waals surface area (Å²) in [6.07, 6.45) is 0. The van der Waals surface area contributed by atoms with Gasteiger partial charge in [-0.05, 0) is 17.7 Å². The number of nitrogens with one attached hydrogen (secondary N) is 1. The van der Waals surface area contributed by atoms with E-state index in [0.717, 1.165) is 4.90 Å². The first-order valence-electron chi connectivity index (χ1n) is 5.96. The largest absolute Gasteiger partial charge is 0.384 e. The Labute approximate surface area is 123 Å². The highest BCUT2D eigenvalue weighted by Crippen LogP contribution is 2.30. The van der Waals surface area contributed by atoms with E-state index in [2.05, 4.69) is 20.4 Å². The van der Waals surface area contributed by atoms with Gasteiger partial charge in [-0.3, -0.25) is 0 Å². The highest BCUT2D eigenvalue weighted by Gasteiger charge is 2.12. The second-order valence-electron chi connectivity index (χ2n) is 4.22. The minimum Gasteiger partial charge on any atom is -0.384 e. The maximum Gasteiger partial charge on any atom is 0.204 e. The number of aromatic amines is 1. The van der Waals surface area contributed by atoms with Gasteiger partial charge in [0.2, 0.25) is 5.65 Å². The van der Waals surface area contributed by atoms with Gasteiger partial charge in [0.1, 0.15) is 23.2 Å². The molecule has 21 heavy (non-hydrogen) atoms. The van der Waals surface area contributed by atoms with E-state index in [1.807, 2.05) is 6.07 Å². The van der Waals surface area contributed by atoms with Crippen LogP contribution in [0, 0.1) is 17.1 Å². The number of pyridine rings is 1. The topological polar surface area (TPSA) is 104 Å². The van der Waals surface area contributed by atoms with Crippen LogP contribution in [0.2, 0.25) is 0 Å². The zero-order valence-corrected chi connectivity index (χ0v) is 11.5. The number of nitrogens with two attached hydrogens (primary N) is 1. The lowest BCUT2D eigenvalue weighted by Crippen LogP contribution is -1.94. The molecule has 3 aromatic rings. The number of fused-ring (bicyclic) bond motifs is 1. The van der Waals surface area contributed by atoms with Crippen molar-refractivity contribution in [2.75, 3.05) is 5.73 Å². The smallest absolute Gasteiger partial charge is 0.204 e. The third kappa shape index (κ3) is 2.51. The zero-order chi connectivity index (χ0) is 14.8. The molecule has 0 fully saturated rings. The molecule has 0 amide bonds. The summed E-state index contributed by atoms with van der Waals surface area (Å²) >= 11 is 1.40. The molecular formula is C13H9FN6S. The van der Waals surface area contributed by atoms with Gasteiger partial charge in [-0.1, -0.05) is 12.1 Å². The molecule has 2 aromatic heterocycles. The summed E-state index contributed by atoms with van der Waals surface area (Å²) in [6.45, 7) is 0. The maximum absolute atomic E-state index is 13.6. The Kier molecular flexibility index (Phi) is 3.41. The molecule has 0 aliphatic carbocycles. The Hall–Kier alpha value is -2.66. The van der Waals surface area contributed by atoms with Crippen LogP contribution in [-0.4, -0.2) is 20.4 Å². The van der Waals surface area contributed by atoms with Gasteiger partial charge in [-0.2, -0.15) is 15.6 Å². The van der Waals surface area contributed by atoms with Crippen LogP contribution in [0.15, 0.2) is 29.2 Å². The van der Waals surface area contributed by atoms with Crippen molar-refractivity contribution in [1.82, 2.24) is 20.4 Å². The molecule has 3 rings (SSSR count). The van der Waals surface area contributed by atoms with Crippen molar-refractivity contribution in [3.05, 3.63) is 41.2 Å². The van der Waals surface area contributed by atoms with Crippen molar-refractivity contribution in [2.45, 2.75) is 10.6 Å². The second-order valence-corrected chi connectivity index (χ2v) is 5.23. The average molecular weight is 300 g/mol. The first kappa shape index (κ1) is 13.3. The number of nitrogens with zero attached hydrogens (tertiary/aromatic N) is 4. The fourth-order valence-corrected chi connectivity index (χ4v) is 2.93. The highest BCUT2D eigenvalue weighted by atomic mass is 32.2. The van der Waals surface area contributed by atoms with Crippen molar-refractivity contribution in [1.29, 1.82) is 5.26 Å². The van der Waals surface area contributed by atoms with E-state index in [1.165, 1.54) is 17.8 Å². The Bertz CT molecular complexity index is 853. The maximum atomic E-state index is 13.6. The van der Waals surface area contributed by atoms with Gasteiger partial charge < -0.3 is 5.73 Å². The van der Waals surface area contributed by atoms with Crippen LogP contribution >= 0.6 is 11.8 Å². The summed E-state index contributed by atoms with van der Waals surface area (Å²) < 4.78 is 13.6. The average Bonchev–Trinajstić information content (AvgIpc) is 2.93. The fraction of sp³-hybridized carbons (Fsp3) is 0.0769. The standard InChI is InChI=1S/C13H9FN6S/c14-9-3-1-2-7(8(9)5-15)6-21-10-4-11(16)17-13-12(10)18-20-19-13/h1-4H,6H2,(H3,16,17,18,19,20). The molecule has 104 valence electrons. The first-order chi connectivity index (χ1) is 10.2. The Morgan fingerprint density at radius 1 is 1.38 bits per heavy atom. The molecule has 6 nitrogen and oxygen atoms in total. The molecule has 8 heteroatoms. The van der Waals surface area contributed by atoms with Gasteiger partial charge in [0.25, 0.3) is 0 Å². The number of hydrogen-bond donors (Lipinski definition) is 2. The van der Waals surface area contributed by atoms with Gasteiger partial charge in [0.15, 0.2) is 0 Å².